The fourth-order valence-corrected chi connectivity index (χ4v) is 1.21. The van der Waals surface area contributed by atoms with Gasteiger partial charge in [-0.25, -0.2) is 0 Å². The number of nitrogens with zero attached hydrogens (tertiary/aromatic N) is 2. The van der Waals surface area contributed by atoms with Crippen LogP contribution in [-0.2, 0) is 4.79 Å². The highest BCUT2D eigenvalue weighted by molar-refractivity contribution is 5.96. The smallest absolute Gasteiger partial charge is 0.269 e. The molecule has 0 bridgehead atoms. The van der Waals surface area contributed by atoms with E-state index in [1.54, 1.807) is 0 Å². The summed E-state index contributed by atoms with van der Waals surface area (Å²) < 4.78 is 0. The Morgan fingerprint density at radius 3 is 2.50 bits per heavy atom. The van der Waals surface area contributed by atoms with Gasteiger partial charge in [0.25, 0.3) is 5.91 Å². The van der Waals surface area contributed by atoms with E-state index in [1.807, 2.05) is 6.92 Å². The van der Waals surface area contributed by atoms with Crippen LogP contribution in [0.15, 0.2) is 12.1 Å². The molecule has 0 atom stereocenters. The predicted molar refractivity (Wildman–Crippen MR) is 56.5 cm³/mol. The zero-order chi connectivity index (χ0) is 11.8. The van der Waals surface area contributed by atoms with Crippen LogP contribution in [0.1, 0.15) is 30.3 Å². The molecule has 0 radical (unpaired) electrons. The van der Waals surface area contributed by atoms with Gasteiger partial charge in [0.2, 0.25) is 5.91 Å². The van der Waals surface area contributed by atoms with Crippen molar-refractivity contribution in [2.75, 3.05) is 5.32 Å². The topological polar surface area (TPSA) is 98.0 Å². The van der Waals surface area contributed by atoms with Crippen LogP contribution in [-0.4, -0.2) is 22.0 Å². The van der Waals surface area contributed by atoms with Crippen LogP contribution in [0.25, 0.3) is 0 Å². The van der Waals surface area contributed by atoms with Gasteiger partial charge in [0.15, 0.2) is 11.5 Å². The van der Waals surface area contributed by atoms with Crippen molar-refractivity contribution in [2.24, 2.45) is 11.1 Å². The van der Waals surface area contributed by atoms with Gasteiger partial charge < -0.3 is 11.1 Å². The zero-order valence-corrected chi connectivity index (χ0v) is 8.86. The average molecular weight is 220 g/mol. The van der Waals surface area contributed by atoms with Gasteiger partial charge in [-0.15, -0.1) is 10.2 Å². The first-order valence-corrected chi connectivity index (χ1v) is 4.96. The molecule has 6 heteroatoms. The van der Waals surface area contributed by atoms with Gasteiger partial charge >= 0.3 is 0 Å². The third-order valence-corrected chi connectivity index (χ3v) is 2.71. The lowest BCUT2D eigenvalue weighted by Gasteiger charge is -2.08. The molecule has 1 fully saturated rings. The van der Waals surface area contributed by atoms with E-state index in [0.717, 1.165) is 12.8 Å². The summed E-state index contributed by atoms with van der Waals surface area (Å²) in [5.74, 6) is -0.365. The van der Waals surface area contributed by atoms with Gasteiger partial charge in [-0.05, 0) is 25.0 Å². The molecule has 0 unspecified atom stereocenters. The van der Waals surface area contributed by atoms with Gasteiger partial charge in [-0.3, -0.25) is 9.59 Å². The van der Waals surface area contributed by atoms with Gasteiger partial charge in [-0.1, -0.05) is 6.92 Å². The van der Waals surface area contributed by atoms with E-state index in [1.165, 1.54) is 12.1 Å². The molecule has 84 valence electrons. The minimum Gasteiger partial charge on any atom is -0.364 e. The van der Waals surface area contributed by atoms with Crippen molar-refractivity contribution in [3.63, 3.8) is 0 Å². The Hall–Kier alpha value is -1.98. The molecule has 1 aliphatic rings. The SMILES string of the molecule is CC1(C(=O)Nc2ccc(C(N)=O)nn2)CC1. The number of amides is 2. The summed E-state index contributed by atoms with van der Waals surface area (Å²) in [6.07, 6.45) is 1.79. The van der Waals surface area contributed by atoms with Crippen molar-refractivity contribution in [1.29, 1.82) is 0 Å². The van der Waals surface area contributed by atoms with Crippen molar-refractivity contribution in [2.45, 2.75) is 19.8 Å². The van der Waals surface area contributed by atoms with Crippen molar-refractivity contribution in [3.05, 3.63) is 17.8 Å². The van der Waals surface area contributed by atoms with Crippen molar-refractivity contribution < 1.29 is 9.59 Å². The highest BCUT2D eigenvalue weighted by Crippen LogP contribution is 2.45. The molecular formula is C10H12N4O2. The lowest BCUT2D eigenvalue weighted by Crippen LogP contribution is -2.22. The van der Waals surface area contributed by atoms with Gasteiger partial charge in [0.1, 0.15) is 0 Å². The molecule has 6 nitrogen and oxygen atoms in total. The molecule has 2 rings (SSSR count). The van der Waals surface area contributed by atoms with Crippen LogP contribution >= 0.6 is 0 Å². The van der Waals surface area contributed by atoms with E-state index in [0.29, 0.717) is 5.82 Å². The maximum atomic E-state index is 11.6. The molecule has 1 aromatic rings. The number of nitrogens with two attached hydrogens (primary N) is 1. The maximum absolute atomic E-state index is 11.6. The summed E-state index contributed by atoms with van der Waals surface area (Å²) in [6.45, 7) is 1.90. The van der Waals surface area contributed by atoms with Crippen LogP contribution in [0.5, 0.6) is 0 Å². The second-order valence-electron chi connectivity index (χ2n) is 4.18. The largest absolute Gasteiger partial charge is 0.364 e. The van der Waals surface area contributed by atoms with E-state index in [2.05, 4.69) is 15.5 Å². The molecular weight excluding hydrogens is 208 g/mol. The van der Waals surface area contributed by atoms with Crippen LogP contribution in [0.4, 0.5) is 5.82 Å². The molecule has 0 spiro atoms. The Balaban J connectivity index is 2.05. The Morgan fingerprint density at radius 1 is 1.38 bits per heavy atom. The highest BCUT2D eigenvalue weighted by atomic mass is 16.2. The van der Waals surface area contributed by atoms with Crippen molar-refractivity contribution in [3.8, 4) is 0 Å². The molecule has 3 N–H and O–H groups in total. The molecule has 0 saturated heterocycles. The first kappa shape index (κ1) is 10.5. The fraction of sp³-hybridized carbons (Fsp3) is 0.400. The Bertz CT molecular complexity index is 437. The van der Waals surface area contributed by atoms with Crippen molar-refractivity contribution >= 4 is 17.6 Å². The second kappa shape index (κ2) is 3.55. The number of hydrogen-bond acceptors (Lipinski definition) is 4. The molecule has 1 heterocycles. The van der Waals surface area contributed by atoms with Crippen LogP contribution in [0.2, 0.25) is 0 Å². The highest BCUT2D eigenvalue weighted by Gasteiger charge is 2.44. The third-order valence-electron chi connectivity index (χ3n) is 2.71. The van der Waals surface area contributed by atoms with Gasteiger partial charge in [-0.2, -0.15) is 0 Å². The van der Waals surface area contributed by atoms with E-state index >= 15 is 0 Å². The van der Waals surface area contributed by atoms with Crippen LogP contribution in [0, 0.1) is 5.41 Å². The third kappa shape index (κ3) is 2.00. The normalized spacial score (nSPS) is 16.6. The summed E-state index contributed by atoms with van der Waals surface area (Å²) in [4.78, 5) is 22.4. The van der Waals surface area contributed by atoms with Gasteiger partial charge in [0, 0.05) is 5.41 Å². The average Bonchev–Trinajstić information content (AvgIpc) is 2.99. The number of nitrogens with one attached hydrogen (secondary N) is 1. The number of primary amides is 1. The van der Waals surface area contributed by atoms with Gasteiger partial charge in [0.05, 0.1) is 0 Å². The molecule has 1 aliphatic carbocycles. The molecule has 1 saturated carbocycles. The van der Waals surface area contributed by atoms with E-state index in [-0.39, 0.29) is 17.0 Å². The maximum Gasteiger partial charge on any atom is 0.269 e. The minimum atomic E-state index is -0.639. The van der Waals surface area contributed by atoms with Crippen LogP contribution in [0.3, 0.4) is 0 Å². The summed E-state index contributed by atoms with van der Waals surface area (Å²) in [5.41, 5.74) is 4.83. The predicted octanol–water partition coefficient (Wildman–Crippen LogP) is 0.314. The number of aromatic nitrogens is 2. The number of rotatable bonds is 3. The Labute approximate surface area is 92.2 Å². The van der Waals surface area contributed by atoms with E-state index in [4.69, 9.17) is 5.73 Å². The number of anilines is 1. The zero-order valence-electron chi connectivity index (χ0n) is 8.86. The summed E-state index contributed by atoms with van der Waals surface area (Å²) in [6, 6.07) is 2.94. The first-order chi connectivity index (χ1) is 7.51. The molecule has 0 aromatic carbocycles. The monoisotopic (exact) mass is 220 g/mol. The Kier molecular flexibility index (Phi) is 2.34. The van der Waals surface area contributed by atoms with Crippen molar-refractivity contribution in [1.82, 2.24) is 10.2 Å². The summed E-state index contributed by atoms with van der Waals surface area (Å²) >= 11 is 0. The lowest BCUT2D eigenvalue weighted by molar-refractivity contribution is -0.120. The number of carbonyl (C=O) groups is 2. The standard InChI is InChI=1S/C10H12N4O2/c1-10(4-5-10)9(16)12-7-3-2-6(8(11)15)13-14-7/h2-3H,4-5H2,1H3,(H2,11,15)(H,12,14,16). The molecule has 0 aliphatic heterocycles. The second-order valence-corrected chi connectivity index (χ2v) is 4.18. The number of hydrogen-bond donors (Lipinski definition) is 2. The molecule has 2 amide bonds. The Morgan fingerprint density at radius 2 is 2.06 bits per heavy atom. The number of carbonyl (C=O) groups excluding carboxylic acids is 2. The molecule has 16 heavy (non-hydrogen) atoms. The van der Waals surface area contributed by atoms with Crippen LogP contribution < -0.4 is 11.1 Å². The van der Waals surface area contributed by atoms with E-state index < -0.39 is 5.91 Å². The lowest BCUT2D eigenvalue weighted by atomic mass is 10.1. The summed E-state index contributed by atoms with van der Waals surface area (Å²) in [7, 11) is 0. The first-order valence-electron chi connectivity index (χ1n) is 4.96. The fourth-order valence-electron chi connectivity index (χ4n) is 1.21. The minimum absolute atomic E-state index is 0.0615. The van der Waals surface area contributed by atoms with E-state index in [9.17, 15) is 9.59 Å². The quantitative estimate of drug-likeness (QED) is 0.766. The molecule has 1 aromatic heterocycles. The summed E-state index contributed by atoms with van der Waals surface area (Å²) in [5, 5.41) is 9.94.